The van der Waals surface area contributed by atoms with Crippen LogP contribution in [0, 0.1) is 16.7 Å². The lowest BCUT2D eigenvalue weighted by Crippen LogP contribution is -2.26. The van der Waals surface area contributed by atoms with Crippen LogP contribution in [0.4, 0.5) is 0 Å². The summed E-state index contributed by atoms with van der Waals surface area (Å²) >= 11 is 0. The van der Waals surface area contributed by atoms with Gasteiger partial charge in [0.05, 0.1) is 12.0 Å². The fourth-order valence-electron chi connectivity index (χ4n) is 4.58. The molecule has 0 saturated heterocycles. The van der Waals surface area contributed by atoms with Gasteiger partial charge in [-0.25, -0.2) is 0 Å². The SMILES string of the molecule is CCCCCC1(CC(C#N)c2ccc(CCCC)cc2)CCCCC1. The van der Waals surface area contributed by atoms with Gasteiger partial charge in [-0.1, -0.05) is 83.1 Å². The van der Waals surface area contributed by atoms with Gasteiger partial charge < -0.3 is 0 Å². The predicted octanol–water partition coefficient (Wildman–Crippen LogP) is 7.56. The van der Waals surface area contributed by atoms with E-state index in [1.165, 1.54) is 81.8 Å². The van der Waals surface area contributed by atoms with Crippen molar-refractivity contribution in [3.8, 4) is 6.07 Å². The Hall–Kier alpha value is -1.29. The summed E-state index contributed by atoms with van der Waals surface area (Å²) in [5.41, 5.74) is 3.08. The Labute approximate surface area is 155 Å². The lowest BCUT2D eigenvalue weighted by atomic mass is 9.65. The van der Waals surface area contributed by atoms with Gasteiger partial charge in [0.25, 0.3) is 0 Å². The van der Waals surface area contributed by atoms with E-state index in [0.29, 0.717) is 5.41 Å². The van der Waals surface area contributed by atoms with Crippen molar-refractivity contribution in [2.45, 2.75) is 103 Å². The molecule has 1 saturated carbocycles. The molecule has 1 aliphatic rings. The van der Waals surface area contributed by atoms with Crippen LogP contribution in [0.2, 0.25) is 0 Å². The molecule has 0 bridgehead atoms. The van der Waals surface area contributed by atoms with Crippen LogP contribution in [0.15, 0.2) is 24.3 Å². The first-order valence-corrected chi connectivity index (χ1v) is 10.7. The number of nitriles is 1. The van der Waals surface area contributed by atoms with E-state index < -0.39 is 0 Å². The average Bonchev–Trinajstić information content (AvgIpc) is 2.66. The first-order valence-electron chi connectivity index (χ1n) is 10.7. The van der Waals surface area contributed by atoms with Crippen LogP contribution >= 0.6 is 0 Å². The minimum Gasteiger partial charge on any atom is -0.198 e. The fraction of sp³-hybridized carbons (Fsp3) is 0.708. The van der Waals surface area contributed by atoms with Gasteiger partial charge in [-0.15, -0.1) is 0 Å². The third kappa shape index (κ3) is 6.18. The number of rotatable bonds is 10. The summed E-state index contributed by atoms with van der Waals surface area (Å²) in [4.78, 5) is 0. The number of nitrogens with zero attached hydrogens (tertiary/aromatic N) is 1. The van der Waals surface area contributed by atoms with Crippen molar-refractivity contribution in [2.75, 3.05) is 0 Å². The van der Waals surface area contributed by atoms with E-state index in [9.17, 15) is 5.26 Å². The maximum Gasteiger partial charge on any atom is 0.0718 e. The van der Waals surface area contributed by atoms with Crippen LogP contribution in [0.3, 0.4) is 0 Å². The number of unbranched alkanes of at least 4 members (excludes halogenated alkanes) is 3. The molecule has 0 aromatic heterocycles. The highest BCUT2D eigenvalue weighted by atomic mass is 14.4. The summed E-state index contributed by atoms with van der Waals surface area (Å²) in [6.07, 6.45) is 16.8. The molecule has 0 radical (unpaired) electrons. The molecule has 25 heavy (non-hydrogen) atoms. The molecule has 0 N–H and O–H groups in total. The Bertz CT molecular complexity index is 516. The third-order valence-electron chi connectivity index (χ3n) is 6.22. The number of hydrogen-bond donors (Lipinski definition) is 0. The summed E-state index contributed by atoms with van der Waals surface area (Å²) in [6, 6.07) is 11.6. The number of benzene rings is 1. The zero-order valence-electron chi connectivity index (χ0n) is 16.5. The monoisotopic (exact) mass is 339 g/mol. The van der Waals surface area contributed by atoms with Crippen molar-refractivity contribution in [3.05, 3.63) is 35.4 Å². The Morgan fingerprint density at radius 3 is 2.24 bits per heavy atom. The fourth-order valence-corrected chi connectivity index (χ4v) is 4.58. The zero-order valence-corrected chi connectivity index (χ0v) is 16.5. The van der Waals surface area contributed by atoms with Gasteiger partial charge in [0.15, 0.2) is 0 Å². The molecule has 2 rings (SSSR count). The molecule has 1 nitrogen and oxygen atoms in total. The Morgan fingerprint density at radius 2 is 1.64 bits per heavy atom. The minimum absolute atomic E-state index is 0.0694. The molecule has 1 atom stereocenters. The quantitative estimate of drug-likeness (QED) is 0.403. The predicted molar refractivity (Wildman–Crippen MR) is 108 cm³/mol. The summed E-state index contributed by atoms with van der Waals surface area (Å²) in [5.74, 6) is 0.0694. The summed E-state index contributed by atoms with van der Waals surface area (Å²) in [6.45, 7) is 4.52. The van der Waals surface area contributed by atoms with Gasteiger partial charge in [-0.05, 0) is 55.1 Å². The van der Waals surface area contributed by atoms with Gasteiger partial charge in [-0.3, -0.25) is 0 Å². The highest BCUT2D eigenvalue weighted by molar-refractivity contribution is 5.29. The molecular weight excluding hydrogens is 302 g/mol. The van der Waals surface area contributed by atoms with E-state index in [-0.39, 0.29) is 5.92 Å². The molecule has 0 heterocycles. The van der Waals surface area contributed by atoms with Crippen molar-refractivity contribution in [1.29, 1.82) is 5.26 Å². The molecule has 0 aliphatic heterocycles. The lowest BCUT2D eigenvalue weighted by molar-refractivity contribution is 0.147. The van der Waals surface area contributed by atoms with Crippen LogP contribution in [-0.4, -0.2) is 0 Å². The van der Waals surface area contributed by atoms with Crippen molar-refractivity contribution in [3.63, 3.8) is 0 Å². The molecular formula is C24H37N. The average molecular weight is 340 g/mol. The van der Waals surface area contributed by atoms with Gasteiger partial charge in [0, 0.05) is 0 Å². The van der Waals surface area contributed by atoms with Crippen LogP contribution in [-0.2, 0) is 6.42 Å². The maximum atomic E-state index is 9.86. The molecule has 138 valence electrons. The van der Waals surface area contributed by atoms with E-state index in [1.54, 1.807) is 0 Å². The Kier molecular flexibility index (Phi) is 8.53. The van der Waals surface area contributed by atoms with E-state index in [1.807, 2.05) is 0 Å². The lowest BCUT2D eigenvalue weighted by Gasteiger charge is -2.39. The Morgan fingerprint density at radius 1 is 0.960 bits per heavy atom. The summed E-state index contributed by atoms with van der Waals surface area (Å²) in [5, 5.41) is 9.86. The van der Waals surface area contributed by atoms with Crippen molar-refractivity contribution >= 4 is 0 Å². The molecule has 1 aromatic carbocycles. The first-order chi connectivity index (χ1) is 12.2. The van der Waals surface area contributed by atoms with Crippen molar-refractivity contribution in [2.24, 2.45) is 5.41 Å². The third-order valence-corrected chi connectivity index (χ3v) is 6.22. The van der Waals surface area contributed by atoms with Crippen LogP contribution < -0.4 is 0 Å². The second-order valence-corrected chi connectivity index (χ2v) is 8.25. The van der Waals surface area contributed by atoms with Crippen LogP contribution in [0.5, 0.6) is 0 Å². The molecule has 1 unspecified atom stereocenters. The van der Waals surface area contributed by atoms with Gasteiger partial charge in [0.2, 0.25) is 0 Å². The number of aryl methyl sites for hydroxylation is 1. The topological polar surface area (TPSA) is 23.8 Å². The molecule has 1 fully saturated rings. The van der Waals surface area contributed by atoms with E-state index in [2.05, 4.69) is 44.2 Å². The van der Waals surface area contributed by atoms with E-state index in [0.717, 1.165) is 12.8 Å². The highest BCUT2D eigenvalue weighted by Gasteiger charge is 2.34. The van der Waals surface area contributed by atoms with Gasteiger partial charge in [-0.2, -0.15) is 5.26 Å². The maximum absolute atomic E-state index is 9.86. The molecule has 1 aliphatic carbocycles. The standard InChI is InChI=1S/C24H37N/c1-3-5-8-16-24(17-9-7-10-18-24)19-23(20-25)22-14-12-21(13-15-22)11-6-4-2/h12-15,23H,3-11,16-19H2,1-2H3. The van der Waals surface area contributed by atoms with Crippen LogP contribution in [0.25, 0.3) is 0 Å². The summed E-state index contributed by atoms with van der Waals surface area (Å²) < 4.78 is 0. The Balaban J connectivity index is 2.05. The smallest absolute Gasteiger partial charge is 0.0718 e. The normalized spacial score (nSPS) is 17.8. The minimum atomic E-state index is 0.0694. The van der Waals surface area contributed by atoms with E-state index >= 15 is 0 Å². The molecule has 0 amide bonds. The van der Waals surface area contributed by atoms with E-state index in [4.69, 9.17) is 0 Å². The first kappa shape index (κ1) is 20.0. The van der Waals surface area contributed by atoms with Gasteiger partial charge in [0.1, 0.15) is 0 Å². The van der Waals surface area contributed by atoms with Gasteiger partial charge >= 0.3 is 0 Å². The second kappa shape index (κ2) is 10.6. The zero-order chi connectivity index (χ0) is 18.0. The summed E-state index contributed by atoms with van der Waals surface area (Å²) in [7, 11) is 0. The molecule has 0 spiro atoms. The van der Waals surface area contributed by atoms with Crippen LogP contribution in [0.1, 0.15) is 108 Å². The van der Waals surface area contributed by atoms with Crippen molar-refractivity contribution in [1.82, 2.24) is 0 Å². The largest absolute Gasteiger partial charge is 0.198 e. The van der Waals surface area contributed by atoms with Crippen molar-refractivity contribution < 1.29 is 0 Å². The number of hydrogen-bond acceptors (Lipinski definition) is 1. The highest BCUT2D eigenvalue weighted by Crippen LogP contribution is 2.47. The molecule has 1 heteroatoms. The molecule has 1 aromatic rings. The second-order valence-electron chi connectivity index (χ2n) is 8.25.